The van der Waals surface area contributed by atoms with Gasteiger partial charge in [0.25, 0.3) is 0 Å². The first kappa shape index (κ1) is 22.6. The fourth-order valence-corrected chi connectivity index (χ4v) is 5.81. The second-order valence-corrected chi connectivity index (χ2v) is 10.2. The maximum absolute atomic E-state index is 13.2. The number of rotatable bonds is 8. The Balaban J connectivity index is 1.59. The van der Waals surface area contributed by atoms with Gasteiger partial charge in [-0.3, -0.25) is 9.89 Å². The summed E-state index contributed by atoms with van der Waals surface area (Å²) >= 11 is 1.45. The molecule has 11 heteroatoms. The number of carbonyl (C=O) groups excluding carboxylic acids is 1. The van der Waals surface area contributed by atoms with Crippen LogP contribution in [0.25, 0.3) is 0 Å². The molecule has 1 saturated heterocycles. The minimum absolute atomic E-state index is 0.127. The second-order valence-electron chi connectivity index (χ2n) is 7.20. The Kier molecular flexibility index (Phi) is 7.37. The predicted octanol–water partition coefficient (Wildman–Crippen LogP) is 1.74. The van der Waals surface area contributed by atoms with Gasteiger partial charge >= 0.3 is 0 Å². The standard InChI is InChI=1S/C19H27N5O4S2/c1-13-6-7-16(28-3)17(11-13)30(26,27)24-9-4-5-15(12-24)18(25)20-8-10-29-19-21-14(2)22-23-19/h6-7,11,15H,4-5,8-10,12H2,1-3H3,(H,20,25)(H,21,22,23)/t15-/m0/s1. The van der Waals surface area contributed by atoms with Gasteiger partial charge in [0.1, 0.15) is 16.5 Å². The third-order valence-electron chi connectivity index (χ3n) is 4.90. The van der Waals surface area contributed by atoms with Crippen LogP contribution in [0, 0.1) is 19.8 Å². The van der Waals surface area contributed by atoms with Gasteiger partial charge in [-0.2, -0.15) is 4.31 Å². The SMILES string of the molecule is COc1ccc(C)cc1S(=O)(=O)N1CCC[C@H](C(=O)NCCSc2n[nH]c(C)n2)C1. The van der Waals surface area contributed by atoms with Gasteiger partial charge in [0, 0.05) is 25.4 Å². The van der Waals surface area contributed by atoms with Crippen molar-refractivity contribution in [2.45, 2.75) is 36.7 Å². The van der Waals surface area contributed by atoms with Gasteiger partial charge in [-0.05, 0) is 44.4 Å². The smallest absolute Gasteiger partial charge is 0.246 e. The summed E-state index contributed by atoms with van der Waals surface area (Å²) in [5.41, 5.74) is 0.833. The largest absolute Gasteiger partial charge is 0.495 e. The van der Waals surface area contributed by atoms with Gasteiger partial charge in [-0.15, -0.1) is 5.10 Å². The van der Waals surface area contributed by atoms with E-state index < -0.39 is 10.0 Å². The molecule has 0 unspecified atom stereocenters. The highest BCUT2D eigenvalue weighted by atomic mass is 32.2. The molecule has 164 valence electrons. The van der Waals surface area contributed by atoms with Crippen molar-refractivity contribution < 1.29 is 17.9 Å². The first-order valence-corrected chi connectivity index (χ1v) is 12.2. The highest BCUT2D eigenvalue weighted by Gasteiger charge is 2.34. The molecule has 1 atom stereocenters. The molecule has 9 nitrogen and oxygen atoms in total. The summed E-state index contributed by atoms with van der Waals surface area (Å²) in [4.78, 5) is 16.9. The van der Waals surface area contributed by atoms with Crippen LogP contribution in [0.3, 0.4) is 0 Å². The van der Waals surface area contributed by atoms with Crippen LogP contribution in [-0.2, 0) is 14.8 Å². The second kappa shape index (κ2) is 9.80. The number of hydrogen-bond donors (Lipinski definition) is 2. The highest BCUT2D eigenvalue weighted by Crippen LogP contribution is 2.30. The summed E-state index contributed by atoms with van der Waals surface area (Å²) in [6.45, 7) is 4.69. The number of nitrogens with zero attached hydrogens (tertiary/aromatic N) is 3. The number of amides is 1. The number of piperidine rings is 1. The molecule has 1 aliphatic rings. The Morgan fingerprint density at radius 3 is 2.90 bits per heavy atom. The fraction of sp³-hybridized carbons (Fsp3) is 0.526. The van der Waals surface area contributed by atoms with E-state index in [9.17, 15) is 13.2 Å². The molecule has 2 N–H and O–H groups in total. The fourth-order valence-electron chi connectivity index (χ4n) is 3.35. The number of aromatic nitrogens is 3. The Bertz CT molecular complexity index is 993. The van der Waals surface area contributed by atoms with Crippen molar-refractivity contribution in [3.8, 4) is 5.75 Å². The molecule has 1 aromatic carbocycles. The number of ether oxygens (including phenoxy) is 1. The predicted molar refractivity (Wildman–Crippen MR) is 114 cm³/mol. The van der Waals surface area contributed by atoms with Gasteiger partial charge in [-0.1, -0.05) is 17.8 Å². The lowest BCUT2D eigenvalue weighted by Gasteiger charge is -2.31. The van der Waals surface area contributed by atoms with Crippen LogP contribution in [0.15, 0.2) is 28.3 Å². The summed E-state index contributed by atoms with van der Waals surface area (Å²) < 4.78 is 33.0. The van der Waals surface area contributed by atoms with E-state index in [-0.39, 0.29) is 23.3 Å². The molecule has 2 aromatic rings. The number of aryl methyl sites for hydroxylation is 2. The molecular weight excluding hydrogens is 426 g/mol. The summed E-state index contributed by atoms with van der Waals surface area (Å²) in [5, 5.41) is 10.4. The molecule has 1 aliphatic heterocycles. The number of aromatic amines is 1. The lowest BCUT2D eigenvalue weighted by molar-refractivity contribution is -0.125. The van der Waals surface area contributed by atoms with Crippen molar-refractivity contribution in [2.24, 2.45) is 5.92 Å². The van der Waals surface area contributed by atoms with Crippen LogP contribution >= 0.6 is 11.8 Å². The molecule has 3 rings (SSSR count). The van der Waals surface area contributed by atoms with E-state index in [1.807, 2.05) is 19.9 Å². The number of nitrogens with one attached hydrogen (secondary N) is 2. The van der Waals surface area contributed by atoms with E-state index in [4.69, 9.17) is 4.74 Å². The molecule has 0 radical (unpaired) electrons. The maximum atomic E-state index is 13.2. The van der Waals surface area contributed by atoms with E-state index in [2.05, 4.69) is 20.5 Å². The van der Waals surface area contributed by atoms with E-state index >= 15 is 0 Å². The quantitative estimate of drug-likeness (QED) is 0.462. The first-order valence-electron chi connectivity index (χ1n) is 9.75. The van der Waals surface area contributed by atoms with Crippen LogP contribution in [0.2, 0.25) is 0 Å². The molecule has 1 amide bonds. The Morgan fingerprint density at radius 2 is 2.20 bits per heavy atom. The van der Waals surface area contributed by atoms with Gasteiger partial charge in [-0.25, -0.2) is 13.4 Å². The third-order valence-corrected chi connectivity index (χ3v) is 7.64. The van der Waals surface area contributed by atoms with Crippen molar-refractivity contribution in [3.05, 3.63) is 29.6 Å². The number of sulfonamides is 1. The lowest BCUT2D eigenvalue weighted by Crippen LogP contribution is -2.45. The monoisotopic (exact) mass is 453 g/mol. The van der Waals surface area contributed by atoms with Crippen molar-refractivity contribution in [3.63, 3.8) is 0 Å². The summed E-state index contributed by atoms with van der Waals surface area (Å²) in [6.07, 6.45) is 1.30. The Labute approximate surface area is 181 Å². The lowest BCUT2D eigenvalue weighted by atomic mass is 9.99. The average molecular weight is 454 g/mol. The van der Waals surface area contributed by atoms with Crippen molar-refractivity contribution in [1.82, 2.24) is 24.8 Å². The number of thioether (sulfide) groups is 1. The number of H-pyrrole nitrogens is 1. The normalized spacial score (nSPS) is 17.6. The van der Waals surface area contributed by atoms with Crippen molar-refractivity contribution in [2.75, 3.05) is 32.5 Å². The van der Waals surface area contributed by atoms with Crippen molar-refractivity contribution in [1.29, 1.82) is 0 Å². The molecule has 0 spiro atoms. The van der Waals surface area contributed by atoms with E-state index in [1.165, 1.54) is 23.2 Å². The maximum Gasteiger partial charge on any atom is 0.246 e. The minimum Gasteiger partial charge on any atom is -0.495 e. The molecule has 1 fully saturated rings. The molecule has 0 saturated carbocycles. The summed E-state index contributed by atoms with van der Waals surface area (Å²) in [6, 6.07) is 5.08. The molecule has 0 bridgehead atoms. The van der Waals surface area contributed by atoms with E-state index in [0.29, 0.717) is 42.6 Å². The minimum atomic E-state index is -3.75. The van der Waals surface area contributed by atoms with Crippen LogP contribution < -0.4 is 10.1 Å². The zero-order valence-electron chi connectivity index (χ0n) is 17.3. The zero-order valence-corrected chi connectivity index (χ0v) is 19.0. The van der Waals surface area contributed by atoms with Gasteiger partial charge in [0.15, 0.2) is 0 Å². The number of methoxy groups -OCH3 is 1. The first-order chi connectivity index (χ1) is 14.3. The summed E-state index contributed by atoms with van der Waals surface area (Å²) in [7, 11) is -2.30. The van der Waals surface area contributed by atoms with E-state index in [1.54, 1.807) is 12.1 Å². The highest BCUT2D eigenvalue weighted by molar-refractivity contribution is 7.99. The van der Waals surface area contributed by atoms with Gasteiger partial charge in [0.2, 0.25) is 21.1 Å². The van der Waals surface area contributed by atoms with Gasteiger partial charge in [0.05, 0.1) is 13.0 Å². The molecule has 30 heavy (non-hydrogen) atoms. The van der Waals surface area contributed by atoms with Crippen LogP contribution in [0.1, 0.15) is 24.2 Å². The summed E-state index contributed by atoms with van der Waals surface area (Å²) in [5.74, 6) is 1.19. The number of benzene rings is 1. The molecule has 2 heterocycles. The Hall–Kier alpha value is -2.11. The van der Waals surface area contributed by atoms with Gasteiger partial charge < -0.3 is 10.1 Å². The van der Waals surface area contributed by atoms with Crippen molar-refractivity contribution >= 4 is 27.7 Å². The zero-order chi connectivity index (χ0) is 21.7. The van der Waals surface area contributed by atoms with E-state index in [0.717, 1.165) is 11.4 Å². The average Bonchev–Trinajstić information content (AvgIpc) is 3.16. The van der Waals surface area contributed by atoms with Crippen LogP contribution in [0.4, 0.5) is 0 Å². The third kappa shape index (κ3) is 5.32. The van der Waals surface area contributed by atoms with Crippen LogP contribution in [-0.4, -0.2) is 66.3 Å². The molecule has 0 aliphatic carbocycles. The Morgan fingerprint density at radius 1 is 1.40 bits per heavy atom. The molecule has 1 aromatic heterocycles. The molecular formula is C19H27N5O4S2. The number of carbonyl (C=O) groups is 1. The number of hydrogen-bond acceptors (Lipinski definition) is 7. The topological polar surface area (TPSA) is 117 Å². The van der Waals surface area contributed by atoms with Crippen LogP contribution in [0.5, 0.6) is 5.75 Å².